The van der Waals surface area contributed by atoms with Gasteiger partial charge in [0, 0.05) is 11.8 Å². The number of hydrogen-bond donors (Lipinski definition) is 0. The van der Waals surface area contributed by atoms with Gasteiger partial charge >= 0.3 is 0 Å². The lowest BCUT2D eigenvalue weighted by Crippen LogP contribution is -2.37. The highest BCUT2D eigenvalue weighted by atomic mass is 16.5. The average molecular weight is 262 g/mol. The minimum atomic E-state index is -0.754. The third-order valence-electron chi connectivity index (χ3n) is 5.75. The van der Waals surface area contributed by atoms with Crippen LogP contribution in [0, 0.1) is 23.7 Å². The van der Waals surface area contributed by atoms with Crippen LogP contribution in [-0.4, -0.2) is 29.6 Å². The molecule has 4 fully saturated rings. The monoisotopic (exact) mass is 262 g/mol. The maximum atomic E-state index is 11.9. The lowest BCUT2D eigenvalue weighted by atomic mass is 9.67. The summed E-state index contributed by atoms with van der Waals surface area (Å²) in [6.07, 6.45) is 6.51. The Morgan fingerprint density at radius 2 is 1.47 bits per heavy atom. The van der Waals surface area contributed by atoms with Crippen LogP contribution < -0.4 is 0 Å². The minimum absolute atomic E-state index is 0.108. The molecule has 3 aliphatic carbocycles. The summed E-state index contributed by atoms with van der Waals surface area (Å²) in [7, 11) is 0. The van der Waals surface area contributed by atoms with E-state index in [0.29, 0.717) is 30.8 Å². The number of fused-ring (bicyclic) bond motifs is 4. The topological polar surface area (TPSA) is 60.4 Å². The SMILES string of the molecule is O=C1C(=O)C2CC3OC4CCCCC4C3CC2C1=O. The number of carbonyl (C=O) groups excluding carboxylic acids is 3. The second kappa shape index (κ2) is 3.98. The van der Waals surface area contributed by atoms with E-state index in [0.717, 1.165) is 6.42 Å². The largest absolute Gasteiger partial charge is 0.374 e. The highest BCUT2D eigenvalue weighted by Crippen LogP contribution is 2.51. The maximum Gasteiger partial charge on any atom is 0.264 e. The Morgan fingerprint density at radius 3 is 2.26 bits per heavy atom. The Kier molecular flexibility index (Phi) is 2.47. The van der Waals surface area contributed by atoms with Gasteiger partial charge in [-0.15, -0.1) is 0 Å². The highest BCUT2D eigenvalue weighted by Gasteiger charge is 2.58. The molecule has 6 atom stereocenters. The Morgan fingerprint density at radius 1 is 0.789 bits per heavy atom. The molecule has 4 nitrogen and oxygen atoms in total. The minimum Gasteiger partial charge on any atom is -0.374 e. The van der Waals surface area contributed by atoms with Gasteiger partial charge in [-0.1, -0.05) is 12.8 Å². The van der Waals surface area contributed by atoms with Crippen molar-refractivity contribution in [1.29, 1.82) is 0 Å². The molecule has 102 valence electrons. The quantitative estimate of drug-likeness (QED) is 0.617. The second-order valence-electron chi connectivity index (χ2n) is 6.57. The third kappa shape index (κ3) is 1.52. The second-order valence-corrected chi connectivity index (χ2v) is 6.57. The molecule has 0 aromatic carbocycles. The summed E-state index contributed by atoms with van der Waals surface area (Å²) < 4.78 is 6.12. The maximum absolute atomic E-state index is 11.9. The van der Waals surface area contributed by atoms with E-state index in [9.17, 15) is 14.4 Å². The molecule has 4 heteroatoms. The molecule has 1 heterocycles. The van der Waals surface area contributed by atoms with Crippen LogP contribution in [0.1, 0.15) is 38.5 Å². The van der Waals surface area contributed by atoms with Crippen LogP contribution in [0.15, 0.2) is 0 Å². The van der Waals surface area contributed by atoms with Gasteiger partial charge in [0.05, 0.1) is 12.2 Å². The van der Waals surface area contributed by atoms with Crippen molar-refractivity contribution in [3.8, 4) is 0 Å². The van der Waals surface area contributed by atoms with E-state index in [1.807, 2.05) is 0 Å². The molecule has 0 amide bonds. The molecule has 0 aromatic rings. The fraction of sp³-hybridized carbons (Fsp3) is 0.800. The van der Waals surface area contributed by atoms with Crippen LogP contribution in [0.2, 0.25) is 0 Å². The number of carbonyl (C=O) groups is 3. The molecule has 0 N–H and O–H groups in total. The summed E-state index contributed by atoms with van der Waals surface area (Å²) in [6, 6.07) is 0. The first kappa shape index (κ1) is 11.8. The van der Waals surface area contributed by atoms with E-state index < -0.39 is 17.3 Å². The van der Waals surface area contributed by atoms with E-state index in [1.165, 1.54) is 19.3 Å². The van der Waals surface area contributed by atoms with Gasteiger partial charge < -0.3 is 4.74 Å². The molecule has 0 aromatic heterocycles. The van der Waals surface area contributed by atoms with Crippen LogP contribution >= 0.6 is 0 Å². The van der Waals surface area contributed by atoms with Crippen molar-refractivity contribution in [2.75, 3.05) is 0 Å². The summed E-state index contributed by atoms with van der Waals surface area (Å²) in [5.41, 5.74) is 0. The normalized spacial score (nSPS) is 48.9. The van der Waals surface area contributed by atoms with Gasteiger partial charge in [0.1, 0.15) is 0 Å². The zero-order valence-electron chi connectivity index (χ0n) is 10.8. The molecule has 1 aliphatic heterocycles. The van der Waals surface area contributed by atoms with Crippen LogP contribution in [0.4, 0.5) is 0 Å². The summed E-state index contributed by atoms with van der Waals surface area (Å²) in [4.78, 5) is 35.2. The molecular formula is C15H18O4. The van der Waals surface area contributed by atoms with Crippen molar-refractivity contribution in [3.63, 3.8) is 0 Å². The molecule has 4 rings (SSSR count). The molecule has 3 saturated carbocycles. The Balaban J connectivity index is 1.61. The molecular weight excluding hydrogens is 244 g/mol. The van der Waals surface area contributed by atoms with Crippen LogP contribution in [0.5, 0.6) is 0 Å². The van der Waals surface area contributed by atoms with Gasteiger partial charge in [0.2, 0.25) is 11.6 Å². The Hall–Kier alpha value is -1.03. The predicted octanol–water partition coefficient (Wildman–Crippen LogP) is 1.31. The number of ether oxygens (including phenoxy) is 1. The van der Waals surface area contributed by atoms with Crippen molar-refractivity contribution in [2.45, 2.75) is 50.7 Å². The zero-order valence-corrected chi connectivity index (χ0v) is 10.8. The first-order valence-corrected chi connectivity index (χ1v) is 7.44. The van der Waals surface area contributed by atoms with E-state index >= 15 is 0 Å². The van der Waals surface area contributed by atoms with Crippen LogP contribution in [0.3, 0.4) is 0 Å². The standard InChI is InChI=1S/C15H18O4/c16-13-9-5-8-7-3-1-2-4-11(7)19-12(8)6-10(9)14(17)15(13)18/h7-12H,1-6H2. The number of rotatable bonds is 0. The molecule has 19 heavy (non-hydrogen) atoms. The summed E-state index contributed by atoms with van der Waals surface area (Å²) in [5.74, 6) is -1.38. The van der Waals surface area contributed by atoms with Gasteiger partial charge in [0.15, 0.2) is 0 Å². The summed E-state index contributed by atoms with van der Waals surface area (Å²) in [6.45, 7) is 0. The van der Waals surface area contributed by atoms with E-state index in [4.69, 9.17) is 4.74 Å². The van der Waals surface area contributed by atoms with Crippen molar-refractivity contribution < 1.29 is 19.1 Å². The molecule has 0 bridgehead atoms. The van der Waals surface area contributed by atoms with Gasteiger partial charge in [0.25, 0.3) is 5.78 Å². The first-order chi connectivity index (χ1) is 9.16. The molecule has 0 spiro atoms. The fourth-order valence-electron chi connectivity index (χ4n) is 4.85. The average Bonchev–Trinajstić information content (AvgIpc) is 2.89. The summed E-state index contributed by atoms with van der Waals surface area (Å²) in [5, 5.41) is 0. The first-order valence-electron chi connectivity index (χ1n) is 7.44. The number of Topliss-reactive ketones (excluding diaryl/α,β-unsaturated/α-hetero) is 3. The molecule has 1 saturated heterocycles. The predicted molar refractivity (Wildman–Crippen MR) is 65.3 cm³/mol. The van der Waals surface area contributed by atoms with Crippen LogP contribution in [0.25, 0.3) is 0 Å². The lowest BCUT2D eigenvalue weighted by molar-refractivity contribution is -0.141. The molecule has 6 unspecified atom stereocenters. The third-order valence-corrected chi connectivity index (χ3v) is 5.75. The van der Waals surface area contributed by atoms with Gasteiger partial charge in [-0.25, -0.2) is 0 Å². The lowest BCUT2D eigenvalue weighted by Gasteiger charge is -2.34. The summed E-state index contributed by atoms with van der Waals surface area (Å²) >= 11 is 0. The van der Waals surface area contributed by atoms with Crippen molar-refractivity contribution >= 4 is 17.3 Å². The van der Waals surface area contributed by atoms with Crippen molar-refractivity contribution in [1.82, 2.24) is 0 Å². The fourth-order valence-corrected chi connectivity index (χ4v) is 4.85. The van der Waals surface area contributed by atoms with E-state index in [1.54, 1.807) is 0 Å². The molecule has 0 radical (unpaired) electrons. The van der Waals surface area contributed by atoms with Gasteiger partial charge in [-0.3, -0.25) is 14.4 Å². The number of ketones is 3. The Bertz CT molecular complexity index is 469. The van der Waals surface area contributed by atoms with Gasteiger partial charge in [-0.05, 0) is 37.5 Å². The number of hydrogen-bond acceptors (Lipinski definition) is 4. The van der Waals surface area contributed by atoms with Gasteiger partial charge in [-0.2, -0.15) is 0 Å². The van der Waals surface area contributed by atoms with Crippen molar-refractivity contribution in [3.05, 3.63) is 0 Å². The van der Waals surface area contributed by atoms with E-state index in [-0.39, 0.29) is 17.9 Å². The Labute approximate surface area is 111 Å². The smallest absolute Gasteiger partial charge is 0.264 e. The van der Waals surface area contributed by atoms with E-state index in [2.05, 4.69) is 0 Å². The highest BCUT2D eigenvalue weighted by molar-refractivity contribution is 6.68. The molecule has 4 aliphatic rings. The zero-order chi connectivity index (χ0) is 13.1. The van der Waals surface area contributed by atoms with Crippen molar-refractivity contribution in [2.24, 2.45) is 23.7 Å². The van der Waals surface area contributed by atoms with Crippen LogP contribution in [-0.2, 0) is 19.1 Å².